The van der Waals surface area contributed by atoms with E-state index in [1.54, 1.807) is 6.08 Å². The predicted octanol–water partition coefficient (Wildman–Crippen LogP) is 3.87. The van der Waals surface area contributed by atoms with Crippen LogP contribution in [0.5, 0.6) is 0 Å². The Morgan fingerprint density at radius 3 is 1.45 bits per heavy atom. The van der Waals surface area contributed by atoms with Gasteiger partial charge >= 0.3 is 0 Å². The molecule has 0 radical (unpaired) electrons. The van der Waals surface area contributed by atoms with Crippen LogP contribution in [0.2, 0.25) is 0 Å². The second-order valence-corrected chi connectivity index (χ2v) is 20.0. The minimum Gasteiger partial charge on any atom is -0.394 e. The van der Waals surface area contributed by atoms with Crippen LogP contribution >= 0.6 is 0 Å². The predicted molar refractivity (Wildman–Crippen MR) is 286 cm³/mol. The van der Waals surface area contributed by atoms with Crippen molar-refractivity contribution >= 4 is 5.91 Å². The van der Waals surface area contributed by atoms with Crippen LogP contribution in [-0.4, -0.2) is 193 Å². The molecule has 19 nitrogen and oxygen atoms in total. The van der Waals surface area contributed by atoms with Gasteiger partial charge in [-0.05, 0) is 77.0 Å². The van der Waals surface area contributed by atoms with Gasteiger partial charge in [0.05, 0.1) is 38.6 Å². The van der Waals surface area contributed by atoms with E-state index >= 15 is 0 Å². The number of ether oxygens (including phenoxy) is 6. The van der Waals surface area contributed by atoms with Crippen LogP contribution in [0.4, 0.5) is 0 Å². The van der Waals surface area contributed by atoms with Crippen molar-refractivity contribution in [2.75, 3.05) is 26.4 Å². The summed E-state index contributed by atoms with van der Waals surface area (Å²) in [5, 5.41) is 120. The second kappa shape index (κ2) is 40.4. The molecular formula is C57H97NO18. The first-order chi connectivity index (χ1) is 36.8. The number of amides is 1. The highest BCUT2D eigenvalue weighted by Crippen LogP contribution is 2.33. The molecule has 19 heteroatoms. The SMILES string of the molecule is CCCC/C=C/CC/C=C/CC/C=C/C(O)C(COC1OC(CO)C(OC2OC(CO)C(OC3OC(CO)C(O)C(O)C3O)C(O)C2O)C(O)C1O)NC(=O)CCCCCCCC/C=C\C/C=C\C/C=C\CCCCC. The van der Waals surface area contributed by atoms with Crippen LogP contribution in [0.1, 0.15) is 149 Å². The molecule has 17 atom stereocenters. The number of aliphatic hydroxyl groups is 11. The first-order valence-electron chi connectivity index (χ1n) is 28.2. The summed E-state index contributed by atoms with van der Waals surface area (Å²) >= 11 is 0. The Morgan fingerprint density at radius 1 is 0.474 bits per heavy atom. The third-order valence-electron chi connectivity index (χ3n) is 13.7. The topological polar surface area (TPSA) is 307 Å². The van der Waals surface area contributed by atoms with Crippen molar-refractivity contribution < 1.29 is 89.4 Å². The van der Waals surface area contributed by atoms with Gasteiger partial charge in [-0.3, -0.25) is 4.79 Å². The summed E-state index contributed by atoms with van der Waals surface area (Å²) in [6.45, 7) is 1.56. The molecule has 3 saturated heterocycles. The summed E-state index contributed by atoms with van der Waals surface area (Å²) < 4.78 is 34.1. The number of allylic oxidation sites excluding steroid dienone is 11. The first-order valence-corrected chi connectivity index (χ1v) is 28.2. The van der Waals surface area contributed by atoms with E-state index in [1.165, 1.54) is 32.1 Å². The quantitative estimate of drug-likeness (QED) is 0.0307. The maximum atomic E-state index is 13.3. The van der Waals surface area contributed by atoms with E-state index in [0.717, 1.165) is 83.5 Å². The van der Waals surface area contributed by atoms with Gasteiger partial charge in [-0.2, -0.15) is 0 Å². The average molecular weight is 1080 g/mol. The van der Waals surface area contributed by atoms with Gasteiger partial charge in [0.15, 0.2) is 18.9 Å². The summed E-state index contributed by atoms with van der Waals surface area (Å²) in [6, 6.07) is -1.00. The van der Waals surface area contributed by atoms with E-state index in [9.17, 15) is 61.0 Å². The number of rotatable bonds is 39. The molecule has 0 saturated carbocycles. The van der Waals surface area contributed by atoms with E-state index in [2.05, 4.69) is 79.9 Å². The summed E-state index contributed by atoms with van der Waals surface area (Å²) in [4.78, 5) is 13.3. The van der Waals surface area contributed by atoms with Gasteiger partial charge in [0.1, 0.15) is 73.2 Å². The Balaban J connectivity index is 1.53. The molecule has 438 valence electrons. The highest BCUT2D eigenvalue weighted by atomic mass is 16.8. The third-order valence-corrected chi connectivity index (χ3v) is 13.7. The van der Waals surface area contributed by atoms with Crippen molar-refractivity contribution in [2.24, 2.45) is 0 Å². The van der Waals surface area contributed by atoms with Crippen molar-refractivity contribution in [1.82, 2.24) is 5.32 Å². The van der Waals surface area contributed by atoms with Crippen molar-refractivity contribution in [3.63, 3.8) is 0 Å². The molecule has 17 unspecified atom stereocenters. The lowest BCUT2D eigenvalue weighted by Crippen LogP contribution is -2.66. The van der Waals surface area contributed by atoms with Crippen molar-refractivity contribution in [2.45, 2.75) is 253 Å². The zero-order chi connectivity index (χ0) is 55.5. The number of unbranched alkanes of at least 4 members (excludes halogenated alkanes) is 13. The molecule has 3 rings (SSSR count). The first kappa shape index (κ1) is 67.5. The molecule has 3 fully saturated rings. The molecule has 12 N–H and O–H groups in total. The van der Waals surface area contributed by atoms with E-state index in [-0.39, 0.29) is 18.9 Å². The number of hydrogen-bond donors (Lipinski definition) is 12. The smallest absolute Gasteiger partial charge is 0.220 e. The monoisotopic (exact) mass is 1080 g/mol. The van der Waals surface area contributed by atoms with Crippen LogP contribution in [0.25, 0.3) is 0 Å². The molecule has 0 bridgehead atoms. The van der Waals surface area contributed by atoms with Crippen LogP contribution in [0, 0.1) is 0 Å². The number of carbonyl (C=O) groups excluding carboxylic acids is 1. The Hall–Kier alpha value is -2.77. The largest absolute Gasteiger partial charge is 0.394 e. The van der Waals surface area contributed by atoms with Gasteiger partial charge in [0, 0.05) is 6.42 Å². The van der Waals surface area contributed by atoms with Crippen molar-refractivity contribution in [3.05, 3.63) is 72.9 Å². The lowest BCUT2D eigenvalue weighted by molar-refractivity contribution is -0.379. The molecule has 0 aromatic rings. The Bertz CT molecular complexity index is 1670. The molecule has 0 aromatic carbocycles. The average Bonchev–Trinajstić information content (AvgIpc) is 3.42. The minimum atomic E-state index is -1.99. The van der Waals surface area contributed by atoms with Crippen molar-refractivity contribution in [1.29, 1.82) is 0 Å². The van der Waals surface area contributed by atoms with Crippen LogP contribution < -0.4 is 5.32 Å². The standard InChI is InChI=1S/C57H97NO18/c1-3-5-7-9-11-13-15-17-18-19-20-21-22-23-25-27-29-31-33-35-45(63)58-40(41(62)34-32-30-28-26-24-16-14-12-10-8-6-4-2)39-71-55-51(69)48(66)53(43(37-60)73-55)76-57-52(70)49(67)54(44(38-61)74-57)75-56-50(68)47(65)46(64)42(36-59)72-56/h10-13,17-18,20-21,24,26,32,34,40-44,46-57,59-62,64-70H,3-9,14-16,19,22-23,25,27-31,33,35-39H2,1-2H3,(H,58,63)/b12-10+,13-11-,18-17-,21-20-,26-24+,34-32+. The summed E-state index contributed by atoms with van der Waals surface area (Å²) in [7, 11) is 0. The van der Waals surface area contributed by atoms with Crippen LogP contribution in [0.3, 0.4) is 0 Å². The van der Waals surface area contributed by atoms with E-state index in [1.807, 2.05) is 6.08 Å². The van der Waals surface area contributed by atoms with Gasteiger partial charge in [-0.15, -0.1) is 0 Å². The van der Waals surface area contributed by atoms with Crippen LogP contribution in [-0.2, 0) is 33.2 Å². The lowest BCUT2D eigenvalue weighted by Gasteiger charge is -2.48. The summed E-state index contributed by atoms with van der Waals surface area (Å²) in [5.41, 5.74) is 0. The Morgan fingerprint density at radius 2 is 0.895 bits per heavy atom. The highest BCUT2D eigenvalue weighted by molar-refractivity contribution is 5.76. The number of aliphatic hydroxyl groups excluding tert-OH is 11. The number of hydrogen-bond acceptors (Lipinski definition) is 18. The molecule has 3 aliphatic rings. The summed E-state index contributed by atoms with van der Waals surface area (Å²) in [5.74, 6) is -0.308. The van der Waals surface area contributed by atoms with E-state index < -0.39 is 124 Å². The van der Waals surface area contributed by atoms with Gasteiger partial charge in [0.2, 0.25) is 5.91 Å². The molecule has 0 spiro atoms. The van der Waals surface area contributed by atoms with Gasteiger partial charge in [-0.1, -0.05) is 138 Å². The fourth-order valence-corrected chi connectivity index (χ4v) is 8.98. The zero-order valence-corrected chi connectivity index (χ0v) is 45.2. The Labute approximate surface area is 451 Å². The second-order valence-electron chi connectivity index (χ2n) is 20.0. The maximum absolute atomic E-state index is 13.3. The van der Waals surface area contributed by atoms with Crippen molar-refractivity contribution in [3.8, 4) is 0 Å². The molecule has 3 aliphatic heterocycles. The lowest BCUT2D eigenvalue weighted by atomic mass is 9.96. The minimum absolute atomic E-state index is 0.213. The molecular weight excluding hydrogens is 987 g/mol. The molecule has 3 heterocycles. The molecule has 1 amide bonds. The summed E-state index contributed by atoms with van der Waals surface area (Å²) in [6.07, 6.45) is 18.9. The third kappa shape index (κ3) is 24.7. The fourth-order valence-electron chi connectivity index (χ4n) is 8.98. The Kier molecular flexibility index (Phi) is 35.9. The molecule has 0 aromatic heterocycles. The van der Waals surface area contributed by atoms with Gasteiger partial charge < -0.3 is 89.9 Å². The normalized spacial score (nSPS) is 31.5. The molecule has 76 heavy (non-hydrogen) atoms. The van der Waals surface area contributed by atoms with Gasteiger partial charge in [-0.25, -0.2) is 0 Å². The number of nitrogens with one attached hydrogen (secondary N) is 1. The number of carbonyl (C=O) groups is 1. The molecule has 0 aliphatic carbocycles. The van der Waals surface area contributed by atoms with Gasteiger partial charge in [0.25, 0.3) is 0 Å². The van der Waals surface area contributed by atoms with E-state index in [4.69, 9.17) is 28.4 Å². The van der Waals surface area contributed by atoms with E-state index in [0.29, 0.717) is 12.8 Å². The van der Waals surface area contributed by atoms with Crippen LogP contribution in [0.15, 0.2) is 72.9 Å². The zero-order valence-electron chi connectivity index (χ0n) is 45.2. The fraction of sp³-hybridized carbons (Fsp3) is 0.772. The highest BCUT2D eigenvalue weighted by Gasteiger charge is 2.53. The maximum Gasteiger partial charge on any atom is 0.220 e.